The zero-order valence-electron chi connectivity index (χ0n) is 12.1. The molecule has 2 aliphatic rings. The first-order valence-electron chi connectivity index (χ1n) is 7.66. The number of benzene rings is 1. The van der Waals surface area contributed by atoms with Gasteiger partial charge in [0.2, 0.25) is 5.91 Å². The van der Waals surface area contributed by atoms with Gasteiger partial charge in [0.25, 0.3) is 0 Å². The Morgan fingerprint density at radius 1 is 1.29 bits per heavy atom. The number of ether oxygens (including phenoxy) is 1. The minimum Gasteiger partial charge on any atom is -0.490 e. The van der Waals surface area contributed by atoms with E-state index in [0.29, 0.717) is 12.6 Å². The van der Waals surface area contributed by atoms with E-state index in [4.69, 9.17) is 4.74 Å². The lowest BCUT2D eigenvalue weighted by Crippen LogP contribution is -2.41. The first-order chi connectivity index (χ1) is 10.3. The molecule has 2 fully saturated rings. The zero-order chi connectivity index (χ0) is 14.5. The van der Waals surface area contributed by atoms with Gasteiger partial charge in [0.1, 0.15) is 5.75 Å². The number of carbonyl (C=O) groups is 1. The van der Waals surface area contributed by atoms with E-state index in [-0.39, 0.29) is 11.9 Å². The van der Waals surface area contributed by atoms with Crippen molar-refractivity contribution < 1.29 is 9.53 Å². The van der Waals surface area contributed by atoms with Gasteiger partial charge in [-0.3, -0.25) is 10.1 Å². The predicted molar refractivity (Wildman–Crippen MR) is 85.4 cm³/mol. The molecule has 1 aromatic rings. The van der Waals surface area contributed by atoms with Crippen molar-refractivity contribution in [3.63, 3.8) is 0 Å². The Morgan fingerprint density at radius 2 is 2.05 bits per heavy atom. The number of carbonyl (C=O) groups excluding carboxylic acids is 1. The highest BCUT2D eigenvalue weighted by atomic mass is 32.2. The van der Waals surface area contributed by atoms with Crippen molar-refractivity contribution in [2.75, 3.05) is 11.6 Å². The topological polar surface area (TPSA) is 50.4 Å². The third-order valence-electron chi connectivity index (χ3n) is 4.03. The summed E-state index contributed by atoms with van der Waals surface area (Å²) in [5, 5.41) is 6.15. The van der Waals surface area contributed by atoms with Gasteiger partial charge in [0.05, 0.1) is 12.1 Å². The molecule has 1 saturated carbocycles. The Morgan fingerprint density at radius 3 is 2.71 bits per heavy atom. The quantitative estimate of drug-likeness (QED) is 0.876. The average molecular weight is 306 g/mol. The summed E-state index contributed by atoms with van der Waals surface area (Å²) < 4.78 is 5.94. The van der Waals surface area contributed by atoms with Gasteiger partial charge >= 0.3 is 0 Å². The van der Waals surface area contributed by atoms with E-state index in [1.807, 2.05) is 24.3 Å². The number of thioether (sulfide) groups is 1. The van der Waals surface area contributed by atoms with Gasteiger partial charge in [-0.05, 0) is 43.4 Å². The van der Waals surface area contributed by atoms with Crippen molar-refractivity contribution in [1.82, 2.24) is 10.6 Å². The summed E-state index contributed by atoms with van der Waals surface area (Å²) in [6.45, 7) is 0.575. The standard InChI is InChI=1S/C16H22N2O2S/c19-16(15-10-21-11-18-15)17-9-12-5-7-14(8-6-12)20-13-3-1-2-4-13/h5-8,13,15,18H,1-4,9-11H2,(H,17,19). The first-order valence-corrected chi connectivity index (χ1v) is 8.81. The number of rotatable bonds is 5. The van der Waals surface area contributed by atoms with Crippen LogP contribution in [-0.2, 0) is 11.3 Å². The smallest absolute Gasteiger partial charge is 0.238 e. The van der Waals surface area contributed by atoms with Crippen molar-refractivity contribution in [2.45, 2.75) is 44.4 Å². The molecular weight excluding hydrogens is 284 g/mol. The van der Waals surface area contributed by atoms with E-state index in [0.717, 1.165) is 22.9 Å². The van der Waals surface area contributed by atoms with Crippen LogP contribution in [0.15, 0.2) is 24.3 Å². The van der Waals surface area contributed by atoms with Crippen molar-refractivity contribution in [3.8, 4) is 5.75 Å². The number of hydrogen-bond donors (Lipinski definition) is 2. The molecule has 0 spiro atoms. The molecule has 0 radical (unpaired) electrons. The Hall–Kier alpha value is -1.20. The van der Waals surface area contributed by atoms with Crippen LogP contribution in [0.2, 0.25) is 0 Å². The highest BCUT2D eigenvalue weighted by Gasteiger charge is 2.21. The van der Waals surface area contributed by atoms with E-state index >= 15 is 0 Å². The highest BCUT2D eigenvalue weighted by Crippen LogP contribution is 2.24. The lowest BCUT2D eigenvalue weighted by atomic mass is 10.2. The molecule has 1 aliphatic heterocycles. The number of hydrogen-bond acceptors (Lipinski definition) is 4. The molecule has 1 aliphatic carbocycles. The normalized spacial score (nSPS) is 22.4. The summed E-state index contributed by atoms with van der Waals surface area (Å²) in [6, 6.07) is 8.02. The molecular formula is C16H22N2O2S. The second-order valence-electron chi connectivity index (χ2n) is 5.66. The monoisotopic (exact) mass is 306 g/mol. The second kappa shape index (κ2) is 7.18. The fraction of sp³-hybridized carbons (Fsp3) is 0.562. The summed E-state index contributed by atoms with van der Waals surface area (Å²) in [5.74, 6) is 2.75. The number of amides is 1. The van der Waals surface area contributed by atoms with Crippen LogP contribution in [0.1, 0.15) is 31.2 Å². The van der Waals surface area contributed by atoms with Crippen LogP contribution in [-0.4, -0.2) is 29.7 Å². The van der Waals surface area contributed by atoms with Gasteiger partial charge in [-0.1, -0.05) is 12.1 Å². The van der Waals surface area contributed by atoms with E-state index < -0.39 is 0 Å². The maximum atomic E-state index is 11.9. The van der Waals surface area contributed by atoms with Crippen molar-refractivity contribution in [1.29, 1.82) is 0 Å². The van der Waals surface area contributed by atoms with Crippen molar-refractivity contribution in [2.24, 2.45) is 0 Å². The Kier molecular flexibility index (Phi) is 5.04. The summed E-state index contributed by atoms with van der Waals surface area (Å²) in [4.78, 5) is 11.9. The molecule has 3 rings (SSSR count). The van der Waals surface area contributed by atoms with E-state index in [9.17, 15) is 4.79 Å². The Labute approximate surface area is 130 Å². The van der Waals surface area contributed by atoms with Crippen LogP contribution in [0.5, 0.6) is 5.75 Å². The third kappa shape index (κ3) is 4.14. The molecule has 4 nitrogen and oxygen atoms in total. The van der Waals surface area contributed by atoms with Crippen LogP contribution in [0.3, 0.4) is 0 Å². The molecule has 0 bridgehead atoms. The molecule has 1 saturated heterocycles. The molecule has 5 heteroatoms. The Bertz CT molecular complexity index is 466. The first kappa shape index (κ1) is 14.7. The summed E-state index contributed by atoms with van der Waals surface area (Å²) in [5.41, 5.74) is 1.10. The maximum Gasteiger partial charge on any atom is 0.238 e. The van der Waals surface area contributed by atoms with Gasteiger partial charge in [-0.15, -0.1) is 11.8 Å². The average Bonchev–Trinajstić information content (AvgIpc) is 3.19. The molecule has 21 heavy (non-hydrogen) atoms. The lowest BCUT2D eigenvalue weighted by Gasteiger charge is -2.14. The minimum absolute atomic E-state index is 0.0417. The second-order valence-corrected chi connectivity index (χ2v) is 6.69. The van der Waals surface area contributed by atoms with Gasteiger partial charge < -0.3 is 10.1 Å². The molecule has 1 amide bonds. The molecule has 1 atom stereocenters. The molecule has 2 N–H and O–H groups in total. The van der Waals surface area contributed by atoms with Crippen LogP contribution in [0, 0.1) is 0 Å². The predicted octanol–water partition coefficient (Wildman–Crippen LogP) is 2.29. The lowest BCUT2D eigenvalue weighted by molar-refractivity contribution is -0.122. The molecule has 1 aromatic carbocycles. The van der Waals surface area contributed by atoms with E-state index in [1.54, 1.807) is 11.8 Å². The Balaban J connectivity index is 1.46. The summed E-state index contributed by atoms with van der Waals surface area (Å²) in [6.07, 6.45) is 5.29. The number of nitrogens with one attached hydrogen (secondary N) is 2. The summed E-state index contributed by atoms with van der Waals surface area (Å²) >= 11 is 1.76. The van der Waals surface area contributed by atoms with Gasteiger partial charge in [-0.2, -0.15) is 0 Å². The SMILES string of the molecule is O=C(NCc1ccc(OC2CCCC2)cc1)C1CSCN1. The molecule has 1 heterocycles. The van der Waals surface area contributed by atoms with Crippen LogP contribution >= 0.6 is 11.8 Å². The van der Waals surface area contributed by atoms with E-state index in [2.05, 4.69) is 10.6 Å². The highest BCUT2D eigenvalue weighted by molar-refractivity contribution is 7.99. The molecule has 114 valence electrons. The van der Waals surface area contributed by atoms with Gasteiger partial charge in [0, 0.05) is 18.2 Å². The summed E-state index contributed by atoms with van der Waals surface area (Å²) in [7, 11) is 0. The fourth-order valence-corrected chi connectivity index (χ4v) is 3.70. The van der Waals surface area contributed by atoms with Crippen molar-refractivity contribution >= 4 is 17.7 Å². The minimum atomic E-state index is -0.0417. The van der Waals surface area contributed by atoms with Crippen molar-refractivity contribution in [3.05, 3.63) is 29.8 Å². The van der Waals surface area contributed by atoms with Gasteiger partial charge in [-0.25, -0.2) is 0 Å². The van der Waals surface area contributed by atoms with E-state index in [1.165, 1.54) is 25.7 Å². The fourth-order valence-electron chi connectivity index (χ4n) is 2.76. The third-order valence-corrected chi connectivity index (χ3v) is 4.97. The zero-order valence-corrected chi connectivity index (χ0v) is 13.0. The van der Waals surface area contributed by atoms with Crippen LogP contribution in [0.4, 0.5) is 0 Å². The van der Waals surface area contributed by atoms with Crippen LogP contribution < -0.4 is 15.4 Å². The maximum absolute atomic E-state index is 11.9. The van der Waals surface area contributed by atoms with Crippen LogP contribution in [0.25, 0.3) is 0 Å². The largest absolute Gasteiger partial charge is 0.490 e. The van der Waals surface area contributed by atoms with Gasteiger partial charge in [0.15, 0.2) is 0 Å². The molecule has 0 aromatic heterocycles. The molecule has 1 unspecified atom stereocenters.